The molecule has 37 heavy (non-hydrogen) atoms. The van der Waals surface area contributed by atoms with Gasteiger partial charge < -0.3 is 14.5 Å². The Hall–Kier alpha value is -3.69. The summed E-state index contributed by atoms with van der Waals surface area (Å²) in [6.45, 7) is 5.25. The number of aryl methyl sites for hydroxylation is 1. The van der Waals surface area contributed by atoms with E-state index in [1.807, 2.05) is 0 Å². The Morgan fingerprint density at radius 2 is 1.76 bits per heavy atom. The smallest absolute Gasteiger partial charge is 0.270 e. The van der Waals surface area contributed by atoms with Gasteiger partial charge in [0.25, 0.3) is 11.5 Å². The van der Waals surface area contributed by atoms with E-state index in [0.717, 1.165) is 26.2 Å². The third-order valence-electron chi connectivity index (χ3n) is 6.59. The Morgan fingerprint density at radius 3 is 2.35 bits per heavy atom. The van der Waals surface area contributed by atoms with E-state index in [0.29, 0.717) is 12.3 Å². The number of ketones is 4. The fourth-order valence-electron chi connectivity index (χ4n) is 4.06. The molecule has 0 radical (unpaired) electrons. The SMILES string of the molecule is CCC(CC)CCC(=O)Cn1cccc(CC(=O)[C@H](CCC(=O)C(C)=O)NC(=O)c2cncn2C)c1=O. The van der Waals surface area contributed by atoms with Gasteiger partial charge in [-0.1, -0.05) is 32.8 Å². The van der Waals surface area contributed by atoms with Crippen LogP contribution in [0.3, 0.4) is 0 Å². The molecule has 0 bridgehead atoms. The van der Waals surface area contributed by atoms with Gasteiger partial charge in [-0.2, -0.15) is 0 Å². The summed E-state index contributed by atoms with van der Waals surface area (Å²) in [5.41, 5.74) is -0.0640. The van der Waals surface area contributed by atoms with Crippen molar-refractivity contribution >= 4 is 29.0 Å². The first kappa shape index (κ1) is 29.5. The number of imidazole rings is 1. The summed E-state index contributed by atoms with van der Waals surface area (Å²) in [5, 5.41) is 2.60. The molecular formula is C27H36N4O6. The average molecular weight is 513 g/mol. The molecule has 2 rings (SSSR count). The standard InChI is InChI=1S/C27H36N4O6/c1-5-19(6-2)9-10-21(33)16-31-13-7-8-20(27(31)37)14-25(35)22(11-12-24(34)18(3)32)29-26(36)23-15-28-17-30(23)4/h7-8,13,15,17,19,22H,5-6,9-12,14,16H2,1-4H3,(H,29,36)/t22-/m0/s1. The number of Topliss-reactive ketones (excluding diaryl/α,β-unsaturated/α-hetero) is 4. The van der Waals surface area contributed by atoms with Gasteiger partial charge in [-0.3, -0.25) is 28.8 Å². The number of nitrogens with zero attached hydrogens (tertiary/aromatic N) is 3. The van der Waals surface area contributed by atoms with Crippen molar-refractivity contribution in [3.8, 4) is 0 Å². The fraction of sp³-hybridized carbons (Fsp3) is 0.519. The number of carbonyl (C=O) groups is 5. The van der Waals surface area contributed by atoms with E-state index in [9.17, 15) is 28.8 Å². The number of rotatable bonds is 16. The minimum Gasteiger partial charge on any atom is -0.341 e. The van der Waals surface area contributed by atoms with Gasteiger partial charge in [0, 0.05) is 45.0 Å². The summed E-state index contributed by atoms with van der Waals surface area (Å²) in [7, 11) is 1.62. The minimum atomic E-state index is -1.10. The van der Waals surface area contributed by atoms with E-state index < -0.39 is 34.9 Å². The summed E-state index contributed by atoms with van der Waals surface area (Å²) >= 11 is 0. The van der Waals surface area contributed by atoms with Gasteiger partial charge in [-0.05, 0) is 24.8 Å². The summed E-state index contributed by atoms with van der Waals surface area (Å²) in [5.74, 6) is -1.92. The Morgan fingerprint density at radius 1 is 1.05 bits per heavy atom. The van der Waals surface area contributed by atoms with Crippen LogP contribution in [0.1, 0.15) is 75.3 Å². The Kier molecular flexibility index (Phi) is 11.3. The average Bonchev–Trinajstić information content (AvgIpc) is 3.30. The number of carbonyl (C=O) groups excluding carboxylic acids is 5. The first-order chi connectivity index (χ1) is 17.6. The zero-order valence-electron chi connectivity index (χ0n) is 22.0. The molecule has 2 aromatic rings. The zero-order valence-corrected chi connectivity index (χ0v) is 22.0. The van der Waals surface area contributed by atoms with Crippen LogP contribution < -0.4 is 10.9 Å². The van der Waals surface area contributed by atoms with Crippen molar-refractivity contribution in [3.63, 3.8) is 0 Å². The van der Waals surface area contributed by atoms with Crippen LogP contribution in [0.15, 0.2) is 35.6 Å². The first-order valence-electron chi connectivity index (χ1n) is 12.6. The molecule has 0 aliphatic heterocycles. The molecule has 2 aromatic heterocycles. The monoisotopic (exact) mass is 512 g/mol. The molecule has 10 heteroatoms. The van der Waals surface area contributed by atoms with Gasteiger partial charge in [0.1, 0.15) is 5.69 Å². The predicted octanol–water partition coefficient (Wildman–Crippen LogP) is 2.22. The molecule has 0 aliphatic rings. The molecule has 1 atom stereocenters. The molecule has 2 heterocycles. The van der Waals surface area contributed by atoms with Crippen molar-refractivity contribution in [1.82, 2.24) is 19.4 Å². The molecule has 0 aliphatic carbocycles. The largest absolute Gasteiger partial charge is 0.341 e. The molecule has 0 saturated carbocycles. The van der Waals surface area contributed by atoms with Gasteiger partial charge in [0.2, 0.25) is 0 Å². The highest BCUT2D eigenvalue weighted by atomic mass is 16.2. The second-order valence-corrected chi connectivity index (χ2v) is 9.30. The summed E-state index contributed by atoms with van der Waals surface area (Å²) in [6.07, 6.45) is 6.83. The second-order valence-electron chi connectivity index (χ2n) is 9.30. The van der Waals surface area contributed by atoms with E-state index in [1.54, 1.807) is 13.1 Å². The van der Waals surface area contributed by atoms with Crippen LogP contribution in [-0.2, 0) is 39.2 Å². The Bertz CT molecular complexity index is 1190. The van der Waals surface area contributed by atoms with Crippen LogP contribution >= 0.6 is 0 Å². The molecule has 0 aromatic carbocycles. The minimum absolute atomic E-state index is 0.0541. The molecule has 1 amide bonds. The molecule has 0 saturated heterocycles. The topological polar surface area (TPSA) is 137 Å². The van der Waals surface area contributed by atoms with Crippen LogP contribution in [0.5, 0.6) is 0 Å². The Labute approximate surface area is 216 Å². The predicted molar refractivity (Wildman–Crippen MR) is 137 cm³/mol. The van der Waals surface area contributed by atoms with Crippen molar-refractivity contribution in [1.29, 1.82) is 0 Å². The number of amides is 1. The Balaban J connectivity index is 2.15. The van der Waals surface area contributed by atoms with Gasteiger partial charge in [0.05, 0.1) is 25.1 Å². The molecule has 0 spiro atoms. The van der Waals surface area contributed by atoms with Crippen LogP contribution in [-0.4, -0.2) is 49.2 Å². The third kappa shape index (κ3) is 8.73. The lowest BCUT2D eigenvalue weighted by molar-refractivity contribution is -0.135. The lowest BCUT2D eigenvalue weighted by atomic mass is 9.96. The summed E-state index contributed by atoms with van der Waals surface area (Å²) < 4.78 is 2.77. The quantitative estimate of drug-likeness (QED) is 0.340. The molecule has 10 nitrogen and oxygen atoms in total. The molecule has 0 fully saturated rings. The van der Waals surface area contributed by atoms with E-state index in [1.165, 1.54) is 33.9 Å². The number of hydrogen-bond donors (Lipinski definition) is 1. The summed E-state index contributed by atoms with van der Waals surface area (Å²) in [4.78, 5) is 78.4. The molecule has 0 unspecified atom stereocenters. The molecule has 1 N–H and O–H groups in total. The van der Waals surface area contributed by atoms with Crippen LogP contribution in [0.4, 0.5) is 0 Å². The van der Waals surface area contributed by atoms with Crippen LogP contribution in [0, 0.1) is 5.92 Å². The van der Waals surface area contributed by atoms with Crippen LogP contribution in [0.25, 0.3) is 0 Å². The third-order valence-corrected chi connectivity index (χ3v) is 6.59. The highest BCUT2D eigenvalue weighted by Crippen LogP contribution is 2.15. The lowest BCUT2D eigenvalue weighted by Crippen LogP contribution is -2.43. The van der Waals surface area contributed by atoms with Crippen molar-refractivity contribution in [2.45, 2.75) is 78.3 Å². The van der Waals surface area contributed by atoms with E-state index in [2.05, 4.69) is 24.1 Å². The number of pyridine rings is 1. The lowest BCUT2D eigenvalue weighted by Gasteiger charge is -2.18. The van der Waals surface area contributed by atoms with Gasteiger partial charge in [0.15, 0.2) is 23.1 Å². The van der Waals surface area contributed by atoms with Crippen molar-refractivity contribution < 1.29 is 24.0 Å². The molecular weight excluding hydrogens is 476 g/mol. The highest BCUT2D eigenvalue weighted by Gasteiger charge is 2.25. The maximum Gasteiger partial charge on any atom is 0.270 e. The van der Waals surface area contributed by atoms with E-state index in [4.69, 9.17) is 0 Å². The zero-order chi connectivity index (χ0) is 27.5. The molecule has 200 valence electrons. The van der Waals surface area contributed by atoms with Crippen LogP contribution in [0.2, 0.25) is 0 Å². The van der Waals surface area contributed by atoms with E-state index >= 15 is 0 Å². The van der Waals surface area contributed by atoms with Crippen molar-refractivity contribution in [3.05, 3.63) is 52.5 Å². The normalized spacial score (nSPS) is 11.8. The van der Waals surface area contributed by atoms with Gasteiger partial charge >= 0.3 is 0 Å². The number of aromatic nitrogens is 3. The first-order valence-corrected chi connectivity index (χ1v) is 12.6. The number of nitrogens with one attached hydrogen (secondary N) is 1. The highest BCUT2D eigenvalue weighted by molar-refractivity contribution is 6.36. The maximum atomic E-state index is 13.2. The van der Waals surface area contributed by atoms with Crippen molar-refractivity contribution in [2.24, 2.45) is 13.0 Å². The summed E-state index contributed by atoms with van der Waals surface area (Å²) in [6, 6.07) is 2.01. The second kappa shape index (κ2) is 14.2. The number of hydrogen-bond acceptors (Lipinski definition) is 7. The fourth-order valence-corrected chi connectivity index (χ4v) is 4.06. The maximum absolute atomic E-state index is 13.2. The van der Waals surface area contributed by atoms with Crippen molar-refractivity contribution in [2.75, 3.05) is 0 Å². The van der Waals surface area contributed by atoms with E-state index in [-0.39, 0.29) is 42.8 Å². The van der Waals surface area contributed by atoms with Gasteiger partial charge in [-0.25, -0.2) is 4.98 Å². The van der Waals surface area contributed by atoms with Gasteiger partial charge in [-0.15, -0.1) is 0 Å².